The number of para-hydroxylation sites is 3. The minimum absolute atomic E-state index is 0. The van der Waals surface area contributed by atoms with Crippen LogP contribution in [0.25, 0.3) is 38.4 Å². The fourth-order valence-corrected chi connectivity index (χ4v) is 3.33. The van der Waals surface area contributed by atoms with E-state index in [1.54, 1.807) is 6.07 Å². The summed E-state index contributed by atoms with van der Waals surface area (Å²) >= 11 is 0. The molecule has 0 saturated heterocycles. The first kappa shape index (κ1) is 14.2. The molecule has 0 aliphatic rings. The smallest absolute Gasteiger partial charge is 0.150 e. The number of aromatic hydroxyl groups is 1. The molecule has 2 aromatic heterocycles. The number of fused-ring (bicyclic) bond motifs is 8. The summed E-state index contributed by atoms with van der Waals surface area (Å²) in [6.45, 7) is 0. The molecule has 0 aliphatic carbocycles. The molecule has 0 fully saturated rings. The van der Waals surface area contributed by atoms with E-state index in [0.717, 1.165) is 38.4 Å². The molecule has 0 saturated carbocycles. The maximum absolute atomic E-state index is 10.4. The predicted molar refractivity (Wildman–Crippen MR) is 89.4 cm³/mol. The normalized spacial score (nSPS) is 11.3. The molecular weight excluding hydrogens is 464 g/mol. The third kappa shape index (κ3) is 1.83. The molecule has 0 atom stereocenters. The first-order valence-corrected chi connectivity index (χ1v) is 7.24. The number of imidazole rings is 1. The second-order valence-electron chi connectivity index (χ2n) is 5.48. The number of benzene rings is 3. The van der Waals surface area contributed by atoms with E-state index < -0.39 is 0 Å². The van der Waals surface area contributed by atoms with Gasteiger partial charge in [0.1, 0.15) is 11.4 Å². The minimum atomic E-state index is 0. The van der Waals surface area contributed by atoms with Crippen LogP contribution in [0.5, 0.6) is 5.75 Å². The molecule has 5 rings (SSSR count). The number of hydrogen-bond donors (Lipinski definition) is 1. The zero-order valence-electron chi connectivity index (χ0n) is 12.0. The first-order chi connectivity index (χ1) is 10.8. The Morgan fingerprint density at radius 3 is 2.30 bits per heavy atom. The number of phenolic OH excluding ortho intramolecular Hbond substituents is 1. The van der Waals surface area contributed by atoms with Crippen molar-refractivity contribution in [2.24, 2.45) is 0 Å². The average molecular weight is 477 g/mol. The Morgan fingerprint density at radius 1 is 0.739 bits per heavy atom. The number of phenols is 1. The van der Waals surface area contributed by atoms with Gasteiger partial charge in [-0.15, -0.1) is 0 Å². The Balaban J connectivity index is 0.00000135. The summed E-state index contributed by atoms with van der Waals surface area (Å²) in [5.41, 5.74) is 3.89. The van der Waals surface area contributed by atoms with Crippen molar-refractivity contribution in [2.75, 3.05) is 0 Å². The molecule has 3 nitrogen and oxygen atoms in total. The number of hydrogen-bond acceptors (Lipinski definition) is 2. The molecule has 0 amide bonds. The standard InChI is InChI=1S/C19H12N2O.Ir/c22-17-11-5-7-13-12-6-1-3-9-15(12)21-16-10-4-2-8-14(16)20-19(21)18(13)17;/h1-11,22H;. The molecule has 113 valence electrons. The Labute approximate surface area is 145 Å². The van der Waals surface area contributed by atoms with E-state index in [2.05, 4.69) is 22.6 Å². The Hall–Kier alpha value is -2.42. The summed E-state index contributed by atoms with van der Waals surface area (Å²) in [6, 6.07) is 21.9. The van der Waals surface area contributed by atoms with Crippen LogP contribution in [0.3, 0.4) is 0 Å². The van der Waals surface area contributed by atoms with Gasteiger partial charge in [0.2, 0.25) is 0 Å². The van der Waals surface area contributed by atoms with Gasteiger partial charge < -0.3 is 5.11 Å². The number of nitrogens with zero attached hydrogens (tertiary/aromatic N) is 2. The second-order valence-corrected chi connectivity index (χ2v) is 5.48. The molecule has 4 heteroatoms. The fraction of sp³-hybridized carbons (Fsp3) is 0. The molecular formula is C19H12IrN2O. The van der Waals surface area contributed by atoms with E-state index in [1.165, 1.54) is 0 Å². The van der Waals surface area contributed by atoms with Crippen molar-refractivity contribution in [1.29, 1.82) is 0 Å². The SMILES string of the molecule is Oc1cccc2c3ccccc3n3c4ccccc4nc3c12.[Ir]. The molecule has 0 unspecified atom stereocenters. The molecule has 5 aromatic rings. The molecule has 1 radical (unpaired) electrons. The topological polar surface area (TPSA) is 37.5 Å². The maximum atomic E-state index is 10.4. The predicted octanol–water partition coefficient (Wildman–Crippen LogP) is 4.50. The van der Waals surface area contributed by atoms with Crippen LogP contribution in [0, 0.1) is 0 Å². The largest absolute Gasteiger partial charge is 0.507 e. The monoisotopic (exact) mass is 477 g/mol. The fourth-order valence-electron chi connectivity index (χ4n) is 3.33. The van der Waals surface area contributed by atoms with Gasteiger partial charge in [-0.05, 0) is 29.7 Å². The van der Waals surface area contributed by atoms with Gasteiger partial charge in [0.15, 0.2) is 0 Å². The third-order valence-corrected chi connectivity index (χ3v) is 4.26. The molecule has 0 bridgehead atoms. The van der Waals surface area contributed by atoms with Crippen molar-refractivity contribution < 1.29 is 25.2 Å². The summed E-state index contributed by atoms with van der Waals surface area (Å²) in [7, 11) is 0. The van der Waals surface area contributed by atoms with Crippen LogP contribution in [0.2, 0.25) is 0 Å². The van der Waals surface area contributed by atoms with Crippen LogP contribution in [0.4, 0.5) is 0 Å². The van der Waals surface area contributed by atoms with Crippen molar-refractivity contribution in [3.8, 4) is 5.75 Å². The van der Waals surface area contributed by atoms with Gasteiger partial charge in [0, 0.05) is 25.5 Å². The first-order valence-electron chi connectivity index (χ1n) is 7.24. The van der Waals surface area contributed by atoms with E-state index in [4.69, 9.17) is 4.98 Å². The number of pyridine rings is 1. The average Bonchev–Trinajstić information content (AvgIpc) is 2.94. The number of rotatable bonds is 0. The molecule has 3 aromatic carbocycles. The summed E-state index contributed by atoms with van der Waals surface area (Å²) in [5.74, 6) is 0.267. The van der Waals surface area contributed by atoms with Gasteiger partial charge in [0.25, 0.3) is 0 Å². The van der Waals surface area contributed by atoms with Crippen LogP contribution in [0.15, 0.2) is 66.7 Å². The summed E-state index contributed by atoms with van der Waals surface area (Å²) in [6.07, 6.45) is 0. The molecule has 1 N–H and O–H groups in total. The molecule has 23 heavy (non-hydrogen) atoms. The van der Waals surface area contributed by atoms with Gasteiger partial charge in [-0.25, -0.2) is 4.98 Å². The summed E-state index contributed by atoms with van der Waals surface area (Å²) in [5, 5.41) is 13.3. The Bertz CT molecular complexity index is 1190. The van der Waals surface area contributed by atoms with Gasteiger partial charge >= 0.3 is 0 Å². The zero-order valence-corrected chi connectivity index (χ0v) is 14.4. The van der Waals surface area contributed by atoms with Gasteiger partial charge in [-0.3, -0.25) is 4.40 Å². The molecule has 0 aliphatic heterocycles. The molecule has 2 heterocycles. The quantitative estimate of drug-likeness (QED) is 0.334. The minimum Gasteiger partial charge on any atom is -0.507 e. The van der Waals surface area contributed by atoms with E-state index in [-0.39, 0.29) is 25.9 Å². The number of aromatic nitrogens is 2. The van der Waals surface area contributed by atoms with Crippen molar-refractivity contribution in [1.82, 2.24) is 9.38 Å². The van der Waals surface area contributed by atoms with Gasteiger partial charge in [-0.2, -0.15) is 0 Å². The van der Waals surface area contributed by atoms with Crippen molar-refractivity contribution >= 4 is 38.4 Å². The summed E-state index contributed by atoms with van der Waals surface area (Å²) < 4.78 is 2.13. The Morgan fingerprint density at radius 2 is 1.43 bits per heavy atom. The maximum Gasteiger partial charge on any atom is 0.150 e. The van der Waals surface area contributed by atoms with Crippen LogP contribution in [0.1, 0.15) is 0 Å². The van der Waals surface area contributed by atoms with E-state index >= 15 is 0 Å². The van der Waals surface area contributed by atoms with Gasteiger partial charge in [0.05, 0.1) is 21.9 Å². The summed E-state index contributed by atoms with van der Waals surface area (Å²) in [4.78, 5) is 4.76. The second kappa shape index (κ2) is 5.05. The van der Waals surface area contributed by atoms with Crippen LogP contribution in [-0.2, 0) is 20.1 Å². The van der Waals surface area contributed by atoms with E-state index in [9.17, 15) is 5.11 Å². The third-order valence-electron chi connectivity index (χ3n) is 4.26. The van der Waals surface area contributed by atoms with Crippen molar-refractivity contribution in [2.45, 2.75) is 0 Å². The van der Waals surface area contributed by atoms with Gasteiger partial charge in [-0.1, -0.05) is 42.5 Å². The molecule has 0 spiro atoms. The van der Waals surface area contributed by atoms with Crippen LogP contribution in [-0.4, -0.2) is 14.5 Å². The van der Waals surface area contributed by atoms with E-state index in [1.807, 2.05) is 42.5 Å². The van der Waals surface area contributed by atoms with Crippen molar-refractivity contribution in [3.05, 3.63) is 66.7 Å². The Kier molecular flexibility index (Phi) is 3.12. The van der Waals surface area contributed by atoms with E-state index in [0.29, 0.717) is 0 Å². The zero-order chi connectivity index (χ0) is 14.7. The van der Waals surface area contributed by atoms with Crippen LogP contribution < -0.4 is 0 Å². The van der Waals surface area contributed by atoms with Crippen molar-refractivity contribution in [3.63, 3.8) is 0 Å². The van der Waals surface area contributed by atoms with Crippen LogP contribution >= 0.6 is 0 Å².